The summed E-state index contributed by atoms with van der Waals surface area (Å²) < 4.78 is 1.10. The lowest BCUT2D eigenvalue weighted by atomic mass is 9.69. The number of halogens is 1. The number of aliphatic hydroxyl groups is 1. The van der Waals surface area contributed by atoms with Gasteiger partial charge in [0.05, 0.1) is 5.60 Å². The van der Waals surface area contributed by atoms with E-state index in [9.17, 15) is 5.11 Å². The van der Waals surface area contributed by atoms with Gasteiger partial charge in [-0.15, -0.1) is 0 Å². The molecule has 0 radical (unpaired) electrons. The maximum Gasteiger partial charge on any atom is 0.0715 e. The third kappa shape index (κ3) is 3.11. The fraction of sp³-hybridized carbons (Fsp3) is 0.600. The van der Waals surface area contributed by atoms with Crippen LogP contribution in [-0.2, 0) is 6.42 Å². The second kappa shape index (κ2) is 5.11. The van der Waals surface area contributed by atoms with Crippen LogP contribution in [0.3, 0.4) is 0 Å². The number of hydrogen-bond acceptors (Lipinski definition) is 1. The summed E-state index contributed by atoms with van der Waals surface area (Å²) >= 11 is 3.44. The highest BCUT2D eigenvalue weighted by Gasteiger charge is 2.38. The highest BCUT2D eigenvalue weighted by atomic mass is 79.9. The van der Waals surface area contributed by atoms with E-state index < -0.39 is 5.60 Å². The van der Waals surface area contributed by atoms with E-state index in [1.807, 2.05) is 0 Å². The molecule has 1 nitrogen and oxygen atoms in total. The van der Waals surface area contributed by atoms with Gasteiger partial charge in [0.1, 0.15) is 0 Å². The summed E-state index contributed by atoms with van der Waals surface area (Å²) in [5, 5.41) is 10.8. The first-order chi connectivity index (χ1) is 7.99. The van der Waals surface area contributed by atoms with Gasteiger partial charge in [0.2, 0.25) is 0 Å². The van der Waals surface area contributed by atoms with E-state index in [0.29, 0.717) is 11.8 Å². The van der Waals surface area contributed by atoms with E-state index in [2.05, 4.69) is 54.0 Å². The molecule has 1 aliphatic carbocycles. The smallest absolute Gasteiger partial charge is 0.0715 e. The lowest BCUT2D eigenvalue weighted by Gasteiger charge is -2.41. The quantitative estimate of drug-likeness (QED) is 0.868. The second-order valence-corrected chi connectivity index (χ2v) is 6.61. The molecule has 2 heteroatoms. The Morgan fingerprint density at radius 1 is 1.24 bits per heavy atom. The zero-order valence-electron chi connectivity index (χ0n) is 10.6. The highest BCUT2D eigenvalue weighted by molar-refractivity contribution is 9.10. The fourth-order valence-electron chi connectivity index (χ4n) is 2.91. The van der Waals surface area contributed by atoms with Gasteiger partial charge in [-0.05, 0) is 42.4 Å². The van der Waals surface area contributed by atoms with Crippen molar-refractivity contribution in [2.75, 3.05) is 0 Å². The Hall–Kier alpha value is -0.340. The van der Waals surface area contributed by atoms with Crippen molar-refractivity contribution in [3.63, 3.8) is 0 Å². The summed E-state index contributed by atoms with van der Waals surface area (Å²) in [4.78, 5) is 0. The predicted molar refractivity (Wildman–Crippen MR) is 75.0 cm³/mol. The van der Waals surface area contributed by atoms with Gasteiger partial charge < -0.3 is 5.11 Å². The third-order valence-corrected chi connectivity index (χ3v) is 4.66. The Kier molecular flexibility index (Phi) is 3.94. The molecule has 94 valence electrons. The van der Waals surface area contributed by atoms with Crippen molar-refractivity contribution in [2.45, 2.75) is 45.1 Å². The highest BCUT2D eigenvalue weighted by Crippen LogP contribution is 2.39. The van der Waals surface area contributed by atoms with Gasteiger partial charge in [-0.1, -0.05) is 48.3 Å². The SMILES string of the molecule is CC1CCC(C)C(O)(Cc2ccc(Br)cc2)C1. The van der Waals surface area contributed by atoms with Crippen molar-refractivity contribution in [2.24, 2.45) is 11.8 Å². The minimum absolute atomic E-state index is 0.405. The van der Waals surface area contributed by atoms with Gasteiger partial charge in [-0.25, -0.2) is 0 Å². The summed E-state index contributed by atoms with van der Waals surface area (Å²) in [6, 6.07) is 8.31. The number of rotatable bonds is 2. The molecular formula is C15H21BrO. The Bertz CT molecular complexity index is 373. The molecule has 1 aliphatic rings. The van der Waals surface area contributed by atoms with Crippen molar-refractivity contribution in [1.82, 2.24) is 0 Å². The summed E-state index contributed by atoms with van der Waals surface area (Å²) in [5.74, 6) is 1.05. The van der Waals surface area contributed by atoms with Gasteiger partial charge >= 0.3 is 0 Å². The van der Waals surface area contributed by atoms with Crippen molar-refractivity contribution >= 4 is 15.9 Å². The standard InChI is InChI=1S/C15H21BrO/c1-11-3-4-12(2)15(17,9-11)10-13-5-7-14(16)8-6-13/h5-8,11-12,17H,3-4,9-10H2,1-2H3. The van der Waals surface area contributed by atoms with Crippen molar-refractivity contribution in [3.8, 4) is 0 Å². The van der Waals surface area contributed by atoms with Crippen LogP contribution < -0.4 is 0 Å². The predicted octanol–water partition coefficient (Wildman–Crippen LogP) is 4.18. The van der Waals surface area contributed by atoms with Crippen molar-refractivity contribution in [1.29, 1.82) is 0 Å². The molecule has 0 saturated heterocycles. The largest absolute Gasteiger partial charge is 0.389 e. The van der Waals surface area contributed by atoms with E-state index in [1.54, 1.807) is 0 Å². The maximum atomic E-state index is 10.8. The van der Waals surface area contributed by atoms with Gasteiger partial charge in [0.25, 0.3) is 0 Å². The number of hydrogen-bond donors (Lipinski definition) is 1. The average molecular weight is 297 g/mol. The summed E-state index contributed by atoms with van der Waals surface area (Å²) in [6.45, 7) is 4.43. The minimum atomic E-state index is -0.508. The van der Waals surface area contributed by atoms with Gasteiger partial charge in [-0.3, -0.25) is 0 Å². The molecule has 1 fully saturated rings. The van der Waals surface area contributed by atoms with E-state index in [0.717, 1.165) is 23.7 Å². The molecule has 0 heterocycles. The molecule has 0 amide bonds. The minimum Gasteiger partial charge on any atom is -0.389 e. The maximum absolute atomic E-state index is 10.8. The monoisotopic (exact) mass is 296 g/mol. The molecule has 2 rings (SSSR count). The summed E-state index contributed by atoms with van der Waals surface area (Å²) in [7, 11) is 0. The Morgan fingerprint density at radius 2 is 1.88 bits per heavy atom. The van der Waals surface area contributed by atoms with Crippen LogP contribution in [0.25, 0.3) is 0 Å². The van der Waals surface area contributed by atoms with Crippen LogP contribution >= 0.6 is 15.9 Å². The zero-order valence-corrected chi connectivity index (χ0v) is 12.2. The normalized spacial score (nSPS) is 33.6. The second-order valence-electron chi connectivity index (χ2n) is 5.69. The van der Waals surface area contributed by atoms with Crippen LogP contribution in [-0.4, -0.2) is 10.7 Å². The molecule has 1 aromatic rings. The molecule has 1 N–H and O–H groups in total. The van der Waals surface area contributed by atoms with E-state index in [1.165, 1.54) is 12.0 Å². The zero-order chi connectivity index (χ0) is 12.5. The summed E-state index contributed by atoms with van der Waals surface area (Å²) in [5.41, 5.74) is 0.725. The van der Waals surface area contributed by atoms with Crippen LogP contribution in [0.1, 0.15) is 38.7 Å². The fourth-order valence-corrected chi connectivity index (χ4v) is 3.18. The van der Waals surface area contributed by atoms with Crippen LogP contribution in [0.2, 0.25) is 0 Å². The molecule has 0 aliphatic heterocycles. The first kappa shape index (κ1) is 13.1. The lowest BCUT2D eigenvalue weighted by molar-refractivity contribution is -0.0560. The first-order valence-electron chi connectivity index (χ1n) is 6.46. The topological polar surface area (TPSA) is 20.2 Å². The molecule has 17 heavy (non-hydrogen) atoms. The van der Waals surface area contributed by atoms with E-state index >= 15 is 0 Å². The Balaban J connectivity index is 2.12. The van der Waals surface area contributed by atoms with Gasteiger partial charge in [0.15, 0.2) is 0 Å². The summed E-state index contributed by atoms with van der Waals surface area (Å²) in [6.07, 6.45) is 4.12. The first-order valence-corrected chi connectivity index (χ1v) is 7.26. The van der Waals surface area contributed by atoms with Crippen LogP contribution in [0.4, 0.5) is 0 Å². The average Bonchev–Trinajstić information content (AvgIpc) is 2.27. The molecule has 1 saturated carbocycles. The molecule has 0 bridgehead atoms. The van der Waals surface area contributed by atoms with Crippen LogP contribution in [0, 0.1) is 11.8 Å². The van der Waals surface area contributed by atoms with Crippen molar-refractivity contribution in [3.05, 3.63) is 34.3 Å². The van der Waals surface area contributed by atoms with E-state index in [-0.39, 0.29) is 0 Å². The molecule has 0 aromatic heterocycles. The number of benzene rings is 1. The Morgan fingerprint density at radius 3 is 2.53 bits per heavy atom. The molecule has 1 aromatic carbocycles. The van der Waals surface area contributed by atoms with Crippen molar-refractivity contribution < 1.29 is 5.11 Å². The lowest BCUT2D eigenvalue weighted by Crippen LogP contribution is -2.43. The third-order valence-electron chi connectivity index (χ3n) is 4.14. The van der Waals surface area contributed by atoms with Crippen LogP contribution in [0.5, 0.6) is 0 Å². The van der Waals surface area contributed by atoms with Crippen LogP contribution in [0.15, 0.2) is 28.7 Å². The molecular weight excluding hydrogens is 276 g/mol. The molecule has 3 atom stereocenters. The van der Waals surface area contributed by atoms with Gasteiger partial charge in [0, 0.05) is 10.9 Å². The molecule has 3 unspecified atom stereocenters. The van der Waals surface area contributed by atoms with Gasteiger partial charge in [-0.2, -0.15) is 0 Å². The Labute approximate surface area is 112 Å². The molecule has 0 spiro atoms. The van der Waals surface area contributed by atoms with E-state index in [4.69, 9.17) is 0 Å².